The fourth-order valence-electron chi connectivity index (χ4n) is 2.55. The van der Waals surface area contributed by atoms with Crippen LogP contribution >= 0.6 is 0 Å². The number of carboxylic acids is 1. The number of rotatable bonds is 7. The number of aliphatic hydroxyl groups excluding tert-OH is 3. The largest absolute Gasteiger partial charge is 0.478 e. The van der Waals surface area contributed by atoms with Crippen LogP contribution in [0.25, 0.3) is 0 Å². The van der Waals surface area contributed by atoms with E-state index in [0.717, 1.165) is 6.08 Å². The molecule has 0 bridgehead atoms. The lowest BCUT2D eigenvalue weighted by atomic mass is 9.87. The Balaban J connectivity index is 2.55. The first kappa shape index (κ1) is 19.8. The number of aliphatic carboxylic acids is 1. The van der Waals surface area contributed by atoms with E-state index in [4.69, 9.17) is 9.84 Å². The van der Waals surface area contributed by atoms with Gasteiger partial charge in [0.25, 0.3) is 0 Å². The van der Waals surface area contributed by atoms with Gasteiger partial charge in [0.2, 0.25) is 0 Å². The van der Waals surface area contributed by atoms with E-state index >= 15 is 0 Å². The van der Waals surface area contributed by atoms with E-state index < -0.39 is 30.4 Å². The molecule has 0 aromatic heterocycles. The van der Waals surface area contributed by atoms with Gasteiger partial charge in [-0.05, 0) is 32.6 Å². The Bertz CT molecular complexity index is 442. The minimum atomic E-state index is -1.05. The summed E-state index contributed by atoms with van der Waals surface area (Å²) in [5.74, 6) is -1.23. The predicted molar refractivity (Wildman–Crippen MR) is 85.9 cm³/mol. The van der Waals surface area contributed by atoms with Crippen molar-refractivity contribution in [2.24, 2.45) is 11.8 Å². The van der Waals surface area contributed by atoms with Crippen molar-refractivity contribution in [2.75, 3.05) is 6.61 Å². The summed E-state index contributed by atoms with van der Waals surface area (Å²) < 4.78 is 5.60. The molecule has 6 heteroatoms. The Morgan fingerprint density at radius 1 is 1.30 bits per heavy atom. The Kier molecular flexibility index (Phi) is 7.91. The first-order valence-corrected chi connectivity index (χ1v) is 7.95. The zero-order chi connectivity index (χ0) is 17.6. The van der Waals surface area contributed by atoms with Gasteiger partial charge < -0.3 is 25.2 Å². The van der Waals surface area contributed by atoms with Gasteiger partial charge in [-0.15, -0.1) is 0 Å². The monoisotopic (exact) mass is 328 g/mol. The molecule has 0 unspecified atom stereocenters. The third-order valence-corrected chi connectivity index (χ3v) is 4.27. The topological polar surface area (TPSA) is 107 Å². The zero-order valence-corrected chi connectivity index (χ0v) is 13.9. The SMILES string of the molecule is C/C(=C\C(=O)O)C[C@@H]1OC[C@H](C/C=C/[C@@H](C)[C@H](C)O)[C@@H](O)[C@H]1O. The number of hydrogen-bond donors (Lipinski definition) is 4. The lowest BCUT2D eigenvalue weighted by Crippen LogP contribution is -2.50. The maximum Gasteiger partial charge on any atom is 0.328 e. The van der Waals surface area contributed by atoms with Gasteiger partial charge in [-0.25, -0.2) is 4.79 Å². The zero-order valence-electron chi connectivity index (χ0n) is 13.9. The van der Waals surface area contributed by atoms with E-state index in [1.807, 2.05) is 19.1 Å². The van der Waals surface area contributed by atoms with E-state index in [-0.39, 0.29) is 18.3 Å². The molecule has 23 heavy (non-hydrogen) atoms. The van der Waals surface area contributed by atoms with Gasteiger partial charge in [-0.2, -0.15) is 0 Å². The van der Waals surface area contributed by atoms with Crippen LogP contribution in [0, 0.1) is 11.8 Å². The van der Waals surface area contributed by atoms with Crippen molar-refractivity contribution in [2.45, 2.75) is 58.0 Å². The smallest absolute Gasteiger partial charge is 0.328 e. The van der Waals surface area contributed by atoms with Crippen LogP contribution < -0.4 is 0 Å². The molecule has 1 fully saturated rings. The van der Waals surface area contributed by atoms with E-state index in [9.17, 15) is 20.1 Å². The van der Waals surface area contributed by atoms with Crippen molar-refractivity contribution >= 4 is 5.97 Å². The molecule has 1 heterocycles. The van der Waals surface area contributed by atoms with Crippen LogP contribution in [0.3, 0.4) is 0 Å². The Hall–Kier alpha value is -1.21. The van der Waals surface area contributed by atoms with E-state index in [1.54, 1.807) is 13.8 Å². The highest BCUT2D eigenvalue weighted by Crippen LogP contribution is 2.27. The highest BCUT2D eigenvalue weighted by atomic mass is 16.5. The van der Waals surface area contributed by atoms with Crippen molar-refractivity contribution in [3.63, 3.8) is 0 Å². The van der Waals surface area contributed by atoms with Crippen LogP contribution in [0.4, 0.5) is 0 Å². The molecule has 0 amide bonds. The molecule has 1 saturated heterocycles. The molecule has 0 radical (unpaired) electrons. The maximum absolute atomic E-state index is 10.6. The summed E-state index contributed by atoms with van der Waals surface area (Å²) in [6.07, 6.45) is 2.67. The molecular weight excluding hydrogens is 300 g/mol. The van der Waals surface area contributed by atoms with Crippen molar-refractivity contribution in [3.8, 4) is 0 Å². The fraction of sp³-hybridized carbons (Fsp3) is 0.706. The third-order valence-electron chi connectivity index (χ3n) is 4.27. The highest BCUT2D eigenvalue weighted by molar-refractivity contribution is 5.80. The molecule has 0 spiro atoms. The average Bonchev–Trinajstić information content (AvgIpc) is 2.45. The average molecular weight is 328 g/mol. The summed E-state index contributed by atoms with van der Waals surface area (Å²) in [7, 11) is 0. The predicted octanol–water partition coefficient (Wildman–Crippen LogP) is 1.11. The molecule has 1 aliphatic heterocycles. The molecule has 0 aromatic rings. The van der Waals surface area contributed by atoms with Crippen molar-refractivity contribution in [3.05, 3.63) is 23.8 Å². The number of allylic oxidation sites excluding steroid dienone is 1. The summed E-state index contributed by atoms with van der Waals surface area (Å²) in [4.78, 5) is 10.6. The summed E-state index contributed by atoms with van der Waals surface area (Å²) in [6, 6.07) is 0. The van der Waals surface area contributed by atoms with E-state index in [0.29, 0.717) is 18.6 Å². The van der Waals surface area contributed by atoms with Gasteiger partial charge in [0.1, 0.15) is 6.10 Å². The number of carboxylic acid groups (broad SMARTS) is 1. The van der Waals surface area contributed by atoms with Gasteiger partial charge in [0, 0.05) is 12.0 Å². The molecule has 6 atom stereocenters. The van der Waals surface area contributed by atoms with Crippen LogP contribution in [0.5, 0.6) is 0 Å². The van der Waals surface area contributed by atoms with Crippen LogP contribution in [-0.4, -0.2) is 57.4 Å². The summed E-state index contributed by atoms with van der Waals surface area (Å²) in [5, 5.41) is 38.5. The van der Waals surface area contributed by atoms with E-state index in [1.165, 1.54) is 0 Å². The Labute approximate surface area is 137 Å². The lowest BCUT2D eigenvalue weighted by molar-refractivity contribution is -0.162. The maximum atomic E-state index is 10.6. The van der Waals surface area contributed by atoms with Crippen LogP contribution in [0.2, 0.25) is 0 Å². The van der Waals surface area contributed by atoms with Gasteiger partial charge >= 0.3 is 5.97 Å². The molecule has 1 aliphatic rings. The first-order valence-electron chi connectivity index (χ1n) is 7.95. The standard InChI is InChI=1S/C17H28O6/c1-10(8-15(19)20)7-14-17(22)16(21)13(9-23-14)6-4-5-11(2)12(3)18/h4-5,8,11-14,16-18,21-22H,6-7,9H2,1-3H3,(H,19,20)/b5-4+,10-8+/t11-,12+,13+,14+,16-,17+/m1/s1. The lowest BCUT2D eigenvalue weighted by Gasteiger charge is -2.37. The minimum absolute atomic E-state index is 0.0260. The van der Waals surface area contributed by atoms with Crippen molar-refractivity contribution < 1.29 is 30.0 Å². The minimum Gasteiger partial charge on any atom is -0.478 e. The number of aliphatic hydroxyl groups is 3. The normalized spacial score (nSPS) is 32.0. The molecule has 0 saturated carbocycles. The first-order chi connectivity index (χ1) is 10.7. The van der Waals surface area contributed by atoms with Gasteiger partial charge in [0.15, 0.2) is 0 Å². The summed E-state index contributed by atoms with van der Waals surface area (Å²) in [5.41, 5.74) is 0.581. The molecule has 1 rings (SSSR count). The highest BCUT2D eigenvalue weighted by Gasteiger charge is 2.37. The van der Waals surface area contributed by atoms with E-state index in [2.05, 4.69) is 0 Å². The van der Waals surface area contributed by atoms with Crippen molar-refractivity contribution in [1.29, 1.82) is 0 Å². The van der Waals surface area contributed by atoms with Gasteiger partial charge in [0.05, 0.1) is 24.9 Å². The fourth-order valence-corrected chi connectivity index (χ4v) is 2.55. The second-order valence-electron chi connectivity index (χ2n) is 6.41. The molecule has 0 aliphatic carbocycles. The number of ether oxygens (including phenoxy) is 1. The summed E-state index contributed by atoms with van der Waals surface area (Å²) >= 11 is 0. The van der Waals surface area contributed by atoms with Gasteiger partial charge in [-0.1, -0.05) is 24.6 Å². The summed E-state index contributed by atoms with van der Waals surface area (Å²) in [6.45, 7) is 5.58. The quantitative estimate of drug-likeness (QED) is 0.412. The van der Waals surface area contributed by atoms with Crippen LogP contribution in [0.15, 0.2) is 23.8 Å². The Morgan fingerprint density at radius 2 is 1.96 bits per heavy atom. The molecule has 132 valence electrons. The third kappa shape index (κ3) is 6.43. The van der Waals surface area contributed by atoms with Crippen LogP contribution in [-0.2, 0) is 9.53 Å². The second kappa shape index (κ2) is 9.17. The van der Waals surface area contributed by atoms with Gasteiger partial charge in [-0.3, -0.25) is 0 Å². The molecule has 0 aromatic carbocycles. The Morgan fingerprint density at radius 3 is 2.52 bits per heavy atom. The number of hydrogen-bond acceptors (Lipinski definition) is 5. The number of carbonyl (C=O) groups is 1. The molecular formula is C17H28O6. The molecule has 6 nitrogen and oxygen atoms in total. The second-order valence-corrected chi connectivity index (χ2v) is 6.41. The molecule has 4 N–H and O–H groups in total. The van der Waals surface area contributed by atoms with Crippen LogP contribution in [0.1, 0.15) is 33.6 Å². The van der Waals surface area contributed by atoms with Crippen molar-refractivity contribution in [1.82, 2.24) is 0 Å².